The number of hydrogen-bond donors (Lipinski definition) is 2. The molecule has 0 saturated carbocycles. The van der Waals surface area contributed by atoms with Gasteiger partial charge in [-0.3, -0.25) is 4.79 Å². The van der Waals surface area contributed by atoms with Crippen molar-refractivity contribution in [3.8, 4) is 0 Å². The summed E-state index contributed by atoms with van der Waals surface area (Å²) in [5.41, 5.74) is 1.22. The Bertz CT molecular complexity index is 647. The first-order chi connectivity index (χ1) is 9.49. The molecule has 5 nitrogen and oxygen atoms in total. The highest BCUT2D eigenvalue weighted by Gasteiger charge is 2.15. The van der Waals surface area contributed by atoms with Crippen molar-refractivity contribution in [3.05, 3.63) is 51.8 Å². The van der Waals surface area contributed by atoms with Gasteiger partial charge in [0, 0.05) is 11.3 Å². The number of carbonyl (C=O) groups is 1. The highest BCUT2D eigenvalue weighted by atomic mass is 35.5. The molecular formula is C13H11Cl2N3O2. The molecule has 0 fully saturated rings. The van der Waals surface area contributed by atoms with Crippen LogP contribution < -0.4 is 5.32 Å². The Hall–Kier alpha value is -1.69. The Morgan fingerprint density at radius 1 is 1.30 bits per heavy atom. The normalized spacial score (nSPS) is 12.0. The van der Waals surface area contributed by atoms with Crippen LogP contribution in [0.25, 0.3) is 0 Å². The predicted octanol–water partition coefficient (Wildman–Crippen LogP) is 3.09. The number of aromatic nitrogens is 2. The summed E-state index contributed by atoms with van der Waals surface area (Å²) in [4.78, 5) is 12.2. The summed E-state index contributed by atoms with van der Waals surface area (Å²) >= 11 is 11.5. The zero-order chi connectivity index (χ0) is 14.7. The number of anilines is 1. The minimum atomic E-state index is -0.707. The molecule has 0 aliphatic heterocycles. The molecule has 7 heteroatoms. The number of nitrogens with zero attached hydrogens (tertiary/aromatic N) is 2. The van der Waals surface area contributed by atoms with E-state index in [1.807, 2.05) is 0 Å². The summed E-state index contributed by atoms with van der Waals surface area (Å²) in [7, 11) is 0. The van der Waals surface area contributed by atoms with Crippen LogP contribution in [0.1, 0.15) is 28.9 Å². The fraction of sp³-hybridized carbons (Fsp3) is 0.154. The summed E-state index contributed by atoms with van der Waals surface area (Å²) < 4.78 is 0. The van der Waals surface area contributed by atoms with E-state index in [1.54, 1.807) is 31.2 Å². The minimum absolute atomic E-state index is 0.0403. The molecule has 20 heavy (non-hydrogen) atoms. The van der Waals surface area contributed by atoms with Crippen molar-refractivity contribution in [3.63, 3.8) is 0 Å². The maximum absolute atomic E-state index is 12.2. The number of amides is 1. The number of para-hydroxylation sites is 1. The van der Waals surface area contributed by atoms with Crippen LogP contribution in [0.2, 0.25) is 10.3 Å². The molecule has 2 aromatic rings. The smallest absolute Gasteiger partial charge is 0.258 e. The lowest BCUT2D eigenvalue weighted by atomic mass is 10.1. The lowest BCUT2D eigenvalue weighted by Gasteiger charge is -2.13. The van der Waals surface area contributed by atoms with Gasteiger partial charge in [-0.05, 0) is 19.1 Å². The van der Waals surface area contributed by atoms with Crippen molar-refractivity contribution in [2.45, 2.75) is 13.0 Å². The zero-order valence-electron chi connectivity index (χ0n) is 10.5. The minimum Gasteiger partial charge on any atom is -0.389 e. The lowest BCUT2D eigenvalue weighted by molar-refractivity contribution is 0.102. The van der Waals surface area contributed by atoms with Crippen LogP contribution in [0, 0.1) is 0 Å². The predicted molar refractivity (Wildman–Crippen MR) is 77.1 cm³/mol. The largest absolute Gasteiger partial charge is 0.389 e. The molecule has 104 valence electrons. The van der Waals surface area contributed by atoms with E-state index in [0.717, 1.165) is 0 Å². The standard InChI is InChI=1S/C13H11Cl2N3O2/c1-7(19)8-4-2-3-5-10(8)16-13(20)9-6-11(14)17-18-12(9)15/h2-7,19H,1H3,(H,16,20). The molecule has 1 aromatic heterocycles. The molecule has 1 atom stereocenters. The first-order valence-corrected chi connectivity index (χ1v) is 6.51. The molecule has 2 N–H and O–H groups in total. The topological polar surface area (TPSA) is 75.1 Å². The average Bonchev–Trinajstić information content (AvgIpc) is 2.41. The second-order valence-electron chi connectivity index (χ2n) is 4.09. The fourth-order valence-electron chi connectivity index (χ4n) is 1.68. The number of rotatable bonds is 3. The lowest BCUT2D eigenvalue weighted by Crippen LogP contribution is -2.15. The van der Waals surface area contributed by atoms with Crippen LogP contribution >= 0.6 is 23.2 Å². The molecule has 0 bridgehead atoms. The Balaban J connectivity index is 2.31. The first kappa shape index (κ1) is 14.7. The van der Waals surface area contributed by atoms with Gasteiger partial charge in [-0.25, -0.2) is 0 Å². The molecular weight excluding hydrogens is 301 g/mol. The molecule has 1 amide bonds. The maximum atomic E-state index is 12.2. The Morgan fingerprint density at radius 3 is 2.70 bits per heavy atom. The van der Waals surface area contributed by atoms with Gasteiger partial charge in [0.15, 0.2) is 10.3 Å². The zero-order valence-corrected chi connectivity index (χ0v) is 12.0. The third-order valence-corrected chi connectivity index (χ3v) is 3.09. The highest BCUT2D eigenvalue weighted by molar-refractivity contribution is 6.34. The van der Waals surface area contributed by atoms with Gasteiger partial charge in [0.25, 0.3) is 5.91 Å². The number of aliphatic hydroxyl groups excluding tert-OH is 1. The average molecular weight is 312 g/mol. The van der Waals surface area contributed by atoms with E-state index in [2.05, 4.69) is 15.5 Å². The SMILES string of the molecule is CC(O)c1ccccc1NC(=O)c1cc(Cl)nnc1Cl. The third kappa shape index (κ3) is 3.25. The molecule has 1 unspecified atom stereocenters. The van der Waals surface area contributed by atoms with Gasteiger partial charge in [-0.2, -0.15) is 0 Å². The molecule has 0 radical (unpaired) electrons. The van der Waals surface area contributed by atoms with E-state index in [1.165, 1.54) is 6.07 Å². The van der Waals surface area contributed by atoms with Crippen LogP contribution in [0.3, 0.4) is 0 Å². The first-order valence-electron chi connectivity index (χ1n) is 5.76. The van der Waals surface area contributed by atoms with Crippen molar-refractivity contribution in [2.24, 2.45) is 0 Å². The molecule has 0 saturated heterocycles. The third-order valence-electron chi connectivity index (χ3n) is 2.62. The van der Waals surface area contributed by atoms with Gasteiger partial charge in [-0.15, -0.1) is 10.2 Å². The van der Waals surface area contributed by atoms with Crippen molar-refractivity contribution < 1.29 is 9.90 Å². The quantitative estimate of drug-likeness (QED) is 0.913. The van der Waals surface area contributed by atoms with Gasteiger partial charge in [0.1, 0.15) is 0 Å². The second kappa shape index (κ2) is 6.17. The number of halogens is 2. The van der Waals surface area contributed by atoms with Crippen molar-refractivity contribution in [1.29, 1.82) is 0 Å². The van der Waals surface area contributed by atoms with Crippen molar-refractivity contribution in [2.75, 3.05) is 5.32 Å². The fourth-order valence-corrected chi connectivity index (χ4v) is 2.00. The Labute approximate surface area is 125 Å². The van der Waals surface area contributed by atoms with Crippen molar-refractivity contribution in [1.82, 2.24) is 10.2 Å². The summed E-state index contributed by atoms with van der Waals surface area (Å²) in [5, 5.41) is 19.5. The van der Waals surface area contributed by atoms with Gasteiger partial charge in [0.2, 0.25) is 0 Å². The van der Waals surface area contributed by atoms with E-state index < -0.39 is 12.0 Å². The monoisotopic (exact) mass is 311 g/mol. The van der Waals surface area contributed by atoms with E-state index in [-0.39, 0.29) is 15.9 Å². The van der Waals surface area contributed by atoms with Gasteiger partial charge < -0.3 is 10.4 Å². The number of nitrogens with one attached hydrogen (secondary N) is 1. The molecule has 1 heterocycles. The van der Waals surface area contributed by atoms with Gasteiger partial charge in [-0.1, -0.05) is 41.4 Å². The van der Waals surface area contributed by atoms with Crippen LogP contribution in [0.5, 0.6) is 0 Å². The van der Waals surface area contributed by atoms with Gasteiger partial charge >= 0.3 is 0 Å². The summed E-state index contributed by atoms with van der Waals surface area (Å²) in [6.07, 6.45) is -0.707. The molecule has 0 aliphatic rings. The van der Waals surface area contributed by atoms with Crippen molar-refractivity contribution >= 4 is 34.8 Å². The van der Waals surface area contributed by atoms with Crippen LogP contribution in [-0.2, 0) is 0 Å². The highest BCUT2D eigenvalue weighted by Crippen LogP contribution is 2.24. The number of benzene rings is 1. The number of hydrogen-bond acceptors (Lipinski definition) is 4. The van der Waals surface area contributed by atoms with Gasteiger partial charge in [0.05, 0.1) is 11.7 Å². The van der Waals surface area contributed by atoms with E-state index in [9.17, 15) is 9.90 Å². The summed E-state index contributed by atoms with van der Waals surface area (Å²) in [6, 6.07) is 8.26. The molecule has 0 spiro atoms. The summed E-state index contributed by atoms with van der Waals surface area (Å²) in [5.74, 6) is -0.472. The molecule has 2 rings (SSSR count). The second-order valence-corrected chi connectivity index (χ2v) is 4.83. The van der Waals surface area contributed by atoms with Crippen LogP contribution in [0.15, 0.2) is 30.3 Å². The van der Waals surface area contributed by atoms with Crippen LogP contribution in [0.4, 0.5) is 5.69 Å². The Morgan fingerprint density at radius 2 is 2.00 bits per heavy atom. The Kier molecular flexibility index (Phi) is 4.54. The number of carbonyl (C=O) groups excluding carboxylic acids is 1. The van der Waals surface area contributed by atoms with E-state index in [0.29, 0.717) is 11.3 Å². The maximum Gasteiger partial charge on any atom is 0.258 e. The molecule has 1 aromatic carbocycles. The number of aliphatic hydroxyl groups is 1. The van der Waals surface area contributed by atoms with E-state index >= 15 is 0 Å². The van der Waals surface area contributed by atoms with Crippen LogP contribution in [-0.4, -0.2) is 21.2 Å². The molecule has 0 aliphatic carbocycles. The summed E-state index contributed by atoms with van der Waals surface area (Å²) in [6.45, 7) is 1.61. The van der Waals surface area contributed by atoms with E-state index in [4.69, 9.17) is 23.2 Å².